The molecule has 1 N–H and O–H groups in total. The molecular weight excluding hydrogens is 556 g/mol. The van der Waals surface area contributed by atoms with Crippen molar-refractivity contribution in [3.05, 3.63) is 94.5 Å². The van der Waals surface area contributed by atoms with Gasteiger partial charge in [0.05, 0.1) is 11.5 Å². The van der Waals surface area contributed by atoms with Crippen molar-refractivity contribution < 1.29 is 36.2 Å². The van der Waals surface area contributed by atoms with Gasteiger partial charge in [0, 0.05) is 13.1 Å². The second-order valence-corrected chi connectivity index (χ2v) is 11.7. The normalized spacial score (nSPS) is 19.2. The summed E-state index contributed by atoms with van der Waals surface area (Å²) in [5, 5.41) is 10.1. The smallest absolute Gasteiger partial charge is 0.416 e. The van der Waals surface area contributed by atoms with Crippen molar-refractivity contribution in [2.24, 2.45) is 5.92 Å². The van der Waals surface area contributed by atoms with Gasteiger partial charge in [0.25, 0.3) is 0 Å². The molecule has 0 bridgehead atoms. The number of aliphatic carboxylic acids is 1. The van der Waals surface area contributed by atoms with Crippen LogP contribution in [0, 0.1) is 12.8 Å². The first-order valence-electron chi connectivity index (χ1n) is 14.0. The maximum atomic E-state index is 14.1. The third kappa shape index (κ3) is 7.73. The van der Waals surface area contributed by atoms with Gasteiger partial charge in [-0.2, -0.15) is 26.3 Å². The molecule has 9 heteroatoms. The van der Waals surface area contributed by atoms with Gasteiger partial charge in [-0.25, -0.2) is 0 Å². The quantitative estimate of drug-likeness (QED) is 0.266. The fourth-order valence-corrected chi connectivity index (χ4v) is 5.77. The molecule has 0 saturated carbocycles. The lowest BCUT2D eigenvalue weighted by atomic mass is 9.81. The fraction of sp³-hybridized carbons (Fsp3) is 0.424. The maximum Gasteiger partial charge on any atom is 0.416 e. The van der Waals surface area contributed by atoms with Crippen LogP contribution >= 0.6 is 0 Å². The molecule has 1 fully saturated rings. The number of carboxylic acids is 1. The Morgan fingerprint density at radius 3 is 2.10 bits per heavy atom. The van der Waals surface area contributed by atoms with Gasteiger partial charge in [0.1, 0.15) is 6.04 Å². The SMILES string of the molecule is Cc1ccc(CN2CC(c3cc(-c4ccc(C(F)(F)F)cc4)cc(C(CC(C)C)C(=O)O)c3)CCC2C(F)(F)F)cc1. The predicted molar refractivity (Wildman–Crippen MR) is 150 cm³/mol. The number of likely N-dealkylation sites (tertiary alicyclic amines) is 1. The lowest BCUT2D eigenvalue weighted by Crippen LogP contribution is -2.50. The minimum Gasteiger partial charge on any atom is -0.481 e. The highest BCUT2D eigenvalue weighted by molar-refractivity contribution is 5.78. The number of alkyl halides is 6. The van der Waals surface area contributed by atoms with Gasteiger partial charge in [0.15, 0.2) is 0 Å². The van der Waals surface area contributed by atoms with E-state index in [2.05, 4.69) is 0 Å². The Bertz CT molecular complexity index is 1360. The van der Waals surface area contributed by atoms with Crippen molar-refractivity contribution in [2.75, 3.05) is 6.54 Å². The average molecular weight is 592 g/mol. The molecule has 1 heterocycles. The van der Waals surface area contributed by atoms with Gasteiger partial charge < -0.3 is 5.11 Å². The zero-order valence-corrected chi connectivity index (χ0v) is 23.8. The third-order valence-electron chi connectivity index (χ3n) is 7.97. The van der Waals surface area contributed by atoms with E-state index in [0.717, 1.165) is 23.3 Å². The number of rotatable bonds is 8. The Kier molecular flexibility index (Phi) is 9.40. The number of aryl methyl sites for hydroxylation is 1. The number of benzene rings is 3. The van der Waals surface area contributed by atoms with Crippen LogP contribution in [0.1, 0.15) is 72.8 Å². The van der Waals surface area contributed by atoms with Gasteiger partial charge in [-0.15, -0.1) is 0 Å². The molecule has 0 spiro atoms. The predicted octanol–water partition coefficient (Wildman–Crippen LogP) is 9.21. The van der Waals surface area contributed by atoms with Crippen molar-refractivity contribution in [3.63, 3.8) is 0 Å². The first kappa shape index (κ1) is 31.6. The van der Waals surface area contributed by atoms with Crippen LogP contribution in [0.5, 0.6) is 0 Å². The molecule has 4 rings (SSSR count). The maximum absolute atomic E-state index is 14.1. The highest BCUT2D eigenvalue weighted by atomic mass is 19.4. The van der Waals surface area contributed by atoms with E-state index in [1.54, 1.807) is 18.2 Å². The second-order valence-electron chi connectivity index (χ2n) is 11.7. The van der Waals surface area contributed by atoms with Crippen molar-refractivity contribution in [3.8, 4) is 11.1 Å². The first-order chi connectivity index (χ1) is 19.6. The van der Waals surface area contributed by atoms with Crippen molar-refractivity contribution in [1.29, 1.82) is 0 Å². The third-order valence-corrected chi connectivity index (χ3v) is 7.97. The average Bonchev–Trinajstić information content (AvgIpc) is 2.91. The van der Waals surface area contributed by atoms with Crippen LogP contribution in [0.15, 0.2) is 66.7 Å². The Hall–Kier alpha value is -3.33. The number of piperidine rings is 1. The lowest BCUT2D eigenvalue weighted by Gasteiger charge is -2.41. The number of carbonyl (C=O) groups is 1. The minimum atomic E-state index is -4.50. The van der Waals surface area contributed by atoms with Gasteiger partial charge >= 0.3 is 18.3 Å². The Morgan fingerprint density at radius 2 is 1.55 bits per heavy atom. The Labute approximate surface area is 242 Å². The van der Waals surface area contributed by atoms with Gasteiger partial charge in [-0.1, -0.05) is 74.0 Å². The molecule has 0 amide bonds. The standard InChI is InChI=1S/C33H35F6NO2/c1-20(2)14-29(31(41)42)27-16-25(23-8-11-28(12-9-23)32(34,35)36)15-26(17-27)24-10-13-30(33(37,38)39)40(19-24)18-22-6-4-21(3)5-7-22/h4-9,11-12,15-17,20,24,29-30H,10,13-14,18-19H2,1-3H3,(H,41,42). The van der Waals surface area contributed by atoms with Gasteiger partial charge in [-0.3, -0.25) is 9.69 Å². The molecule has 1 aliphatic heterocycles. The first-order valence-corrected chi connectivity index (χ1v) is 14.0. The molecule has 3 unspecified atom stereocenters. The summed E-state index contributed by atoms with van der Waals surface area (Å²) in [6.45, 7) is 5.92. The summed E-state index contributed by atoms with van der Waals surface area (Å²) in [5.41, 5.74) is 3.15. The zero-order valence-electron chi connectivity index (χ0n) is 23.8. The number of hydrogen-bond donors (Lipinski definition) is 1. The molecule has 1 aliphatic rings. The molecule has 3 nitrogen and oxygen atoms in total. The second kappa shape index (κ2) is 12.5. The molecule has 0 aromatic heterocycles. The zero-order chi connectivity index (χ0) is 30.8. The van der Waals surface area contributed by atoms with Crippen LogP contribution < -0.4 is 0 Å². The van der Waals surface area contributed by atoms with Gasteiger partial charge in [-0.05, 0) is 78.0 Å². The van der Waals surface area contributed by atoms with Crippen molar-refractivity contribution >= 4 is 5.97 Å². The number of nitrogens with zero attached hydrogens (tertiary/aromatic N) is 1. The Balaban J connectivity index is 1.75. The highest BCUT2D eigenvalue weighted by Gasteiger charge is 2.46. The topological polar surface area (TPSA) is 40.5 Å². The van der Waals surface area contributed by atoms with Crippen LogP contribution in [0.4, 0.5) is 26.3 Å². The lowest BCUT2D eigenvalue weighted by molar-refractivity contribution is -0.194. The molecule has 1 saturated heterocycles. The van der Waals surface area contributed by atoms with Gasteiger partial charge in [0.2, 0.25) is 0 Å². The minimum absolute atomic E-state index is 0.0523. The highest BCUT2D eigenvalue weighted by Crippen LogP contribution is 2.41. The molecular formula is C33H35F6NO2. The van der Waals surface area contributed by atoms with Crippen LogP contribution in [0.3, 0.4) is 0 Å². The molecule has 42 heavy (non-hydrogen) atoms. The van der Waals surface area contributed by atoms with E-state index in [-0.39, 0.29) is 37.8 Å². The summed E-state index contributed by atoms with van der Waals surface area (Å²) in [7, 11) is 0. The van der Waals surface area contributed by atoms with E-state index in [1.807, 2.05) is 45.0 Å². The molecule has 226 valence electrons. The van der Waals surface area contributed by atoms with Crippen LogP contribution in [-0.4, -0.2) is 34.7 Å². The van der Waals surface area contributed by atoms with E-state index in [0.29, 0.717) is 28.7 Å². The monoisotopic (exact) mass is 591 g/mol. The number of hydrogen-bond acceptors (Lipinski definition) is 2. The summed E-state index contributed by atoms with van der Waals surface area (Å²) in [6, 6.07) is 15.6. The van der Waals surface area contributed by atoms with E-state index in [4.69, 9.17) is 0 Å². The van der Waals surface area contributed by atoms with Crippen molar-refractivity contribution in [2.45, 2.75) is 76.8 Å². The fourth-order valence-electron chi connectivity index (χ4n) is 5.77. The van der Waals surface area contributed by atoms with E-state index >= 15 is 0 Å². The largest absolute Gasteiger partial charge is 0.481 e. The van der Waals surface area contributed by atoms with E-state index < -0.39 is 35.8 Å². The van der Waals surface area contributed by atoms with Crippen LogP contribution in [-0.2, 0) is 17.5 Å². The summed E-state index contributed by atoms with van der Waals surface area (Å²) >= 11 is 0. The summed E-state index contributed by atoms with van der Waals surface area (Å²) in [6.07, 6.45) is -8.45. The number of halogens is 6. The van der Waals surface area contributed by atoms with Crippen LogP contribution in [0.2, 0.25) is 0 Å². The summed E-state index contributed by atoms with van der Waals surface area (Å²) in [4.78, 5) is 13.7. The molecule has 3 aromatic carbocycles. The molecule has 3 atom stereocenters. The van der Waals surface area contributed by atoms with E-state index in [9.17, 15) is 36.2 Å². The van der Waals surface area contributed by atoms with Crippen molar-refractivity contribution in [1.82, 2.24) is 4.90 Å². The number of carboxylic acid groups (broad SMARTS) is 1. The molecule has 3 aromatic rings. The molecule has 0 radical (unpaired) electrons. The molecule has 0 aliphatic carbocycles. The Morgan fingerprint density at radius 1 is 0.905 bits per heavy atom. The van der Waals surface area contributed by atoms with E-state index in [1.165, 1.54) is 17.0 Å². The van der Waals surface area contributed by atoms with Crippen LogP contribution in [0.25, 0.3) is 11.1 Å². The summed E-state index contributed by atoms with van der Waals surface area (Å²) < 4.78 is 81.8. The summed E-state index contributed by atoms with van der Waals surface area (Å²) in [5.74, 6) is -2.17.